The zero-order valence-corrected chi connectivity index (χ0v) is 26.9. The molecule has 2 aromatic carbocycles. The third-order valence-corrected chi connectivity index (χ3v) is 8.56. The first-order valence-electron chi connectivity index (χ1n) is 12.7. The number of halogens is 3. The largest absolute Gasteiger partial charge is 0.496 e. The summed E-state index contributed by atoms with van der Waals surface area (Å²) >= 11 is 17.0. The van der Waals surface area contributed by atoms with Crippen LogP contribution in [0.5, 0.6) is 5.75 Å². The van der Waals surface area contributed by atoms with Crippen molar-refractivity contribution in [2.24, 2.45) is 4.99 Å². The maximum absolute atomic E-state index is 14.0. The van der Waals surface area contributed by atoms with Gasteiger partial charge in [0, 0.05) is 27.7 Å². The number of allylic oxidation sites excluding steroid dienone is 1. The van der Waals surface area contributed by atoms with E-state index in [1.54, 1.807) is 57.2 Å². The van der Waals surface area contributed by atoms with Gasteiger partial charge in [0.05, 0.1) is 39.0 Å². The highest BCUT2D eigenvalue weighted by molar-refractivity contribution is 9.10. The number of aromatic nitrogens is 1. The molecule has 0 aliphatic carbocycles. The molecule has 0 fully saturated rings. The minimum absolute atomic E-state index is 0.0793. The van der Waals surface area contributed by atoms with Crippen LogP contribution in [0.4, 0.5) is 5.69 Å². The van der Waals surface area contributed by atoms with Crippen molar-refractivity contribution in [3.63, 3.8) is 0 Å². The Hall–Kier alpha value is -3.71. The van der Waals surface area contributed by atoms with Crippen LogP contribution in [0.2, 0.25) is 10.0 Å². The van der Waals surface area contributed by atoms with E-state index in [0.29, 0.717) is 38.9 Å². The molecule has 1 atom stereocenters. The Labute approximate surface area is 266 Å². The van der Waals surface area contributed by atoms with E-state index in [1.807, 2.05) is 0 Å². The molecule has 0 spiro atoms. The summed E-state index contributed by atoms with van der Waals surface area (Å²) in [7, 11) is 1.51. The van der Waals surface area contributed by atoms with Gasteiger partial charge in [0.2, 0.25) is 0 Å². The van der Waals surface area contributed by atoms with Crippen LogP contribution in [0.25, 0.3) is 17.4 Å². The van der Waals surface area contributed by atoms with Gasteiger partial charge in [-0.1, -0.05) is 50.5 Å². The molecule has 0 amide bonds. The van der Waals surface area contributed by atoms with Crippen LogP contribution in [0, 0.1) is 10.1 Å². The predicted octanol–water partition coefficient (Wildman–Crippen LogP) is 6.43. The molecule has 4 aromatic rings. The molecule has 222 valence electrons. The van der Waals surface area contributed by atoms with Gasteiger partial charge in [-0.2, -0.15) is 0 Å². The van der Waals surface area contributed by atoms with Crippen molar-refractivity contribution in [3.8, 4) is 17.1 Å². The molecule has 3 heterocycles. The summed E-state index contributed by atoms with van der Waals surface area (Å²) in [5, 5.41) is 11.2. The number of nitro groups is 1. The second-order valence-electron chi connectivity index (χ2n) is 9.66. The summed E-state index contributed by atoms with van der Waals surface area (Å²) in [6.45, 7) is 5.18. The summed E-state index contributed by atoms with van der Waals surface area (Å²) in [5.41, 5.74) is 0.812. The number of nitrogens with zero attached hydrogens (tertiary/aromatic N) is 3. The number of carbonyl (C=O) groups is 1. The number of methoxy groups -OCH3 is 1. The number of carbonyl (C=O) groups excluding carboxylic acids is 1. The molecule has 0 bridgehead atoms. The number of hydrogen-bond acceptors (Lipinski definition) is 9. The molecule has 0 saturated carbocycles. The van der Waals surface area contributed by atoms with E-state index in [1.165, 1.54) is 17.7 Å². The third kappa shape index (κ3) is 5.92. The molecule has 0 N–H and O–H groups in total. The van der Waals surface area contributed by atoms with Crippen LogP contribution < -0.4 is 19.6 Å². The van der Waals surface area contributed by atoms with Crippen LogP contribution in [-0.4, -0.2) is 28.7 Å². The quantitative estimate of drug-likeness (QED) is 0.123. The number of benzene rings is 2. The van der Waals surface area contributed by atoms with E-state index < -0.39 is 28.6 Å². The second-order valence-corrected chi connectivity index (χ2v) is 12.4. The highest BCUT2D eigenvalue weighted by Gasteiger charge is 2.35. The van der Waals surface area contributed by atoms with Crippen molar-refractivity contribution in [2.75, 3.05) is 7.11 Å². The zero-order chi connectivity index (χ0) is 31.2. The van der Waals surface area contributed by atoms with E-state index in [9.17, 15) is 19.7 Å². The number of rotatable bonds is 7. The molecular weight excluding hydrogens is 685 g/mol. The molecule has 2 aromatic heterocycles. The lowest BCUT2D eigenvalue weighted by atomic mass is 9.95. The fraction of sp³-hybridized carbons (Fsp3) is 0.207. The van der Waals surface area contributed by atoms with Crippen molar-refractivity contribution in [1.29, 1.82) is 0 Å². The van der Waals surface area contributed by atoms with Crippen molar-refractivity contribution < 1.29 is 23.6 Å². The van der Waals surface area contributed by atoms with Gasteiger partial charge in [-0.05, 0) is 57.2 Å². The Morgan fingerprint density at radius 2 is 1.95 bits per heavy atom. The molecule has 1 aliphatic rings. The van der Waals surface area contributed by atoms with Gasteiger partial charge in [0.25, 0.3) is 11.2 Å². The van der Waals surface area contributed by atoms with Crippen LogP contribution in [0.3, 0.4) is 0 Å². The molecule has 43 heavy (non-hydrogen) atoms. The van der Waals surface area contributed by atoms with Crippen LogP contribution in [-0.2, 0) is 9.53 Å². The maximum atomic E-state index is 14.0. The molecule has 0 unspecified atom stereocenters. The topological polar surface area (TPSA) is 126 Å². The van der Waals surface area contributed by atoms with Crippen molar-refractivity contribution >= 4 is 68.2 Å². The van der Waals surface area contributed by atoms with E-state index >= 15 is 0 Å². The molecule has 10 nitrogen and oxygen atoms in total. The molecule has 0 radical (unpaired) electrons. The molecule has 14 heteroatoms. The molecular formula is C29H22BrCl2N3O7S. The first-order valence-corrected chi connectivity index (χ1v) is 15.1. The fourth-order valence-electron chi connectivity index (χ4n) is 4.64. The Morgan fingerprint density at radius 3 is 2.63 bits per heavy atom. The molecule has 5 rings (SSSR count). The highest BCUT2D eigenvalue weighted by atomic mass is 79.9. The predicted molar refractivity (Wildman–Crippen MR) is 167 cm³/mol. The third-order valence-electron chi connectivity index (χ3n) is 6.47. The Bertz CT molecular complexity index is 2010. The Morgan fingerprint density at radius 1 is 1.21 bits per heavy atom. The average molecular weight is 707 g/mol. The second kappa shape index (κ2) is 12.1. The van der Waals surface area contributed by atoms with Gasteiger partial charge < -0.3 is 13.9 Å². The minimum Gasteiger partial charge on any atom is -0.496 e. The SMILES string of the molecule is COc1ccc(Br)cc1[C@H]1C(C(=O)OC(C)C)=C(C)N=c2s/c(=C\c3ccc(-c4cc(Cl)c([N+](=O)[O-])cc4Cl)o3)c(=O)n21. The van der Waals surface area contributed by atoms with E-state index in [0.717, 1.165) is 21.9 Å². The average Bonchev–Trinajstić information content (AvgIpc) is 3.52. The van der Waals surface area contributed by atoms with Crippen molar-refractivity contribution in [2.45, 2.75) is 32.9 Å². The van der Waals surface area contributed by atoms with Gasteiger partial charge >= 0.3 is 5.97 Å². The van der Waals surface area contributed by atoms with Crippen molar-refractivity contribution in [1.82, 2.24) is 4.57 Å². The van der Waals surface area contributed by atoms with Gasteiger partial charge in [-0.3, -0.25) is 19.5 Å². The molecule has 0 saturated heterocycles. The standard InChI is InChI=1S/C29H22BrCl2N3O7S/c1-13(2)41-28(37)25-14(3)33-29-34(26(25)18-9-15(30)5-7-22(18)40-4)27(36)24(43-29)10-16-6-8-23(42-16)17-11-20(32)21(35(38)39)12-19(17)31/h5-13,26H,1-4H3/b24-10-/t26-/m0/s1. The number of ether oxygens (including phenoxy) is 2. The number of nitro benzene ring substituents is 1. The summed E-state index contributed by atoms with van der Waals surface area (Å²) < 4.78 is 19.6. The Kier molecular flexibility index (Phi) is 8.66. The van der Waals surface area contributed by atoms with E-state index in [4.69, 9.17) is 37.1 Å². The van der Waals surface area contributed by atoms with Crippen LogP contribution in [0.15, 0.2) is 72.4 Å². The first kappa shape index (κ1) is 30.7. The summed E-state index contributed by atoms with van der Waals surface area (Å²) in [6.07, 6.45) is 1.16. The first-order chi connectivity index (χ1) is 20.4. The molecule has 1 aliphatic heterocycles. The number of thiazole rings is 1. The number of hydrogen-bond donors (Lipinski definition) is 0. The number of furan rings is 1. The summed E-state index contributed by atoms with van der Waals surface area (Å²) in [6, 6.07) is 10.2. The summed E-state index contributed by atoms with van der Waals surface area (Å²) in [5.74, 6) is 0.498. The maximum Gasteiger partial charge on any atom is 0.338 e. The number of fused-ring (bicyclic) bond motifs is 1. The Balaban J connectivity index is 1.65. The van der Waals surface area contributed by atoms with Gasteiger partial charge in [0.15, 0.2) is 4.80 Å². The lowest BCUT2D eigenvalue weighted by Gasteiger charge is -2.26. The van der Waals surface area contributed by atoms with Crippen LogP contribution >= 0.6 is 50.5 Å². The van der Waals surface area contributed by atoms with Gasteiger partial charge in [-0.15, -0.1) is 0 Å². The van der Waals surface area contributed by atoms with Crippen molar-refractivity contribution in [3.05, 3.63) is 109 Å². The zero-order valence-electron chi connectivity index (χ0n) is 23.0. The fourth-order valence-corrected chi connectivity index (χ4v) is 6.53. The monoisotopic (exact) mass is 705 g/mol. The smallest absolute Gasteiger partial charge is 0.338 e. The van der Waals surface area contributed by atoms with Gasteiger partial charge in [-0.25, -0.2) is 9.79 Å². The van der Waals surface area contributed by atoms with Crippen LogP contribution in [0.1, 0.15) is 38.1 Å². The summed E-state index contributed by atoms with van der Waals surface area (Å²) in [4.78, 5) is 42.9. The van der Waals surface area contributed by atoms with E-state index in [-0.39, 0.29) is 25.8 Å². The lowest BCUT2D eigenvalue weighted by molar-refractivity contribution is -0.384. The minimum atomic E-state index is -0.884. The van der Waals surface area contributed by atoms with Gasteiger partial charge in [0.1, 0.15) is 28.3 Å². The normalized spacial score (nSPS) is 15.0. The van der Waals surface area contributed by atoms with E-state index in [2.05, 4.69) is 20.9 Å². The highest BCUT2D eigenvalue weighted by Crippen LogP contribution is 2.39. The number of esters is 1. The lowest BCUT2D eigenvalue weighted by Crippen LogP contribution is -2.40.